The molecule has 0 atom stereocenters. The van der Waals surface area contributed by atoms with E-state index in [1.807, 2.05) is 6.07 Å². The van der Waals surface area contributed by atoms with Crippen LogP contribution < -0.4 is 4.74 Å². The Bertz CT molecular complexity index is 2670. The summed E-state index contributed by atoms with van der Waals surface area (Å²) in [5, 5.41) is 2.39. The number of para-hydroxylation sites is 1. The van der Waals surface area contributed by atoms with E-state index in [0.29, 0.717) is 0 Å². The van der Waals surface area contributed by atoms with Crippen molar-refractivity contribution >= 4 is 10.8 Å². The van der Waals surface area contributed by atoms with Gasteiger partial charge in [-0.25, -0.2) is 0 Å². The Morgan fingerprint density at radius 3 is 1.61 bits per heavy atom. The highest BCUT2D eigenvalue weighted by Gasteiger charge is 2.52. The van der Waals surface area contributed by atoms with Crippen LogP contribution in [0.4, 0.5) is 0 Å². The van der Waals surface area contributed by atoms with Gasteiger partial charge in [0, 0.05) is 10.9 Å². The molecule has 1 heteroatoms. The van der Waals surface area contributed by atoms with Crippen LogP contribution in [-0.2, 0) is 5.41 Å². The van der Waals surface area contributed by atoms with Crippen molar-refractivity contribution in [2.24, 2.45) is 0 Å². The Kier molecular flexibility index (Phi) is 5.31. The zero-order chi connectivity index (χ0) is 32.3. The number of fused-ring (bicyclic) bond motifs is 12. The summed E-state index contributed by atoms with van der Waals surface area (Å²) in [6, 6.07) is 60.3. The lowest BCUT2D eigenvalue weighted by Gasteiger charge is -2.30. The molecule has 8 aromatic rings. The van der Waals surface area contributed by atoms with Gasteiger partial charge in [-0.2, -0.15) is 0 Å². The monoisotopic (exact) mass is 622 g/mol. The van der Waals surface area contributed by atoms with Crippen LogP contribution >= 0.6 is 0 Å². The Hall–Kier alpha value is -6.18. The van der Waals surface area contributed by atoms with Gasteiger partial charge in [-0.05, 0) is 102 Å². The molecular weight excluding hydrogens is 593 g/mol. The molecule has 0 unspecified atom stereocenters. The number of ether oxygens (including phenoxy) is 1. The Labute approximate surface area is 285 Å². The SMILES string of the molecule is Cc1c(-c2cccc3c2-c2ccccc2C32c3ccccc3-c3ccccc32)cccc1-c1ccc2c3c(cccc13)-c1ccccc1O2. The molecule has 0 saturated heterocycles. The number of hydrogen-bond donors (Lipinski definition) is 0. The fourth-order valence-corrected chi connectivity index (χ4v) is 9.40. The van der Waals surface area contributed by atoms with E-state index in [-0.39, 0.29) is 5.41 Å². The summed E-state index contributed by atoms with van der Waals surface area (Å²) < 4.78 is 6.44. The zero-order valence-corrected chi connectivity index (χ0v) is 27.0. The van der Waals surface area contributed by atoms with Crippen LogP contribution in [0.2, 0.25) is 0 Å². The minimum absolute atomic E-state index is 0.354. The van der Waals surface area contributed by atoms with E-state index in [4.69, 9.17) is 4.74 Å². The summed E-state index contributed by atoms with van der Waals surface area (Å²) >= 11 is 0. The van der Waals surface area contributed by atoms with Crippen LogP contribution in [0.25, 0.3) is 66.4 Å². The Balaban J connectivity index is 1.16. The third kappa shape index (κ3) is 3.34. The van der Waals surface area contributed by atoms with Crippen LogP contribution in [0.3, 0.4) is 0 Å². The van der Waals surface area contributed by atoms with Crippen molar-refractivity contribution < 1.29 is 4.74 Å². The molecule has 1 aliphatic heterocycles. The fraction of sp³-hybridized carbons (Fsp3) is 0.0417. The second kappa shape index (κ2) is 9.69. The summed E-state index contributed by atoms with van der Waals surface area (Å²) in [6.07, 6.45) is 0. The van der Waals surface area contributed by atoms with Crippen molar-refractivity contribution in [1.82, 2.24) is 0 Å². The minimum Gasteiger partial charge on any atom is -0.456 e. The first-order valence-electron chi connectivity index (χ1n) is 17.1. The average Bonchev–Trinajstić information content (AvgIpc) is 3.63. The summed E-state index contributed by atoms with van der Waals surface area (Å²) in [4.78, 5) is 0. The largest absolute Gasteiger partial charge is 0.456 e. The first-order valence-corrected chi connectivity index (χ1v) is 17.1. The third-order valence-corrected chi connectivity index (χ3v) is 11.3. The highest BCUT2D eigenvalue weighted by molar-refractivity contribution is 6.10. The van der Waals surface area contributed by atoms with Gasteiger partial charge in [-0.3, -0.25) is 0 Å². The van der Waals surface area contributed by atoms with Gasteiger partial charge in [-0.15, -0.1) is 0 Å². The summed E-state index contributed by atoms with van der Waals surface area (Å²) in [5.74, 6) is 1.83. The van der Waals surface area contributed by atoms with E-state index in [9.17, 15) is 0 Å². The van der Waals surface area contributed by atoms with Gasteiger partial charge in [-0.1, -0.05) is 152 Å². The molecule has 0 amide bonds. The molecule has 0 bridgehead atoms. The van der Waals surface area contributed by atoms with Crippen LogP contribution in [0.15, 0.2) is 164 Å². The lowest BCUT2D eigenvalue weighted by molar-refractivity contribution is 0.487. The standard InChI is InChI=1S/C48H30O/c1-29-30(32-27-28-45-47-37(32)19-11-20-38(47)35-15-5-9-26-44(35)49-45)17-10-18-31(29)36-21-12-25-43-46(36)39-16-4-8-24-42(39)48(43)40-22-6-2-13-33(40)34-14-3-7-23-41(34)48/h2-28H,1H3. The number of rotatable bonds is 2. The molecule has 3 aliphatic rings. The van der Waals surface area contributed by atoms with Crippen LogP contribution in [-0.4, -0.2) is 0 Å². The molecule has 0 saturated carbocycles. The topological polar surface area (TPSA) is 9.23 Å². The van der Waals surface area contributed by atoms with Crippen LogP contribution in [0.5, 0.6) is 11.5 Å². The molecule has 1 heterocycles. The molecule has 2 aliphatic carbocycles. The van der Waals surface area contributed by atoms with Crippen molar-refractivity contribution in [1.29, 1.82) is 0 Å². The van der Waals surface area contributed by atoms with Crippen molar-refractivity contribution in [3.63, 3.8) is 0 Å². The molecule has 0 N–H and O–H groups in total. The second-order valence-electron chi connectivity index (χ2n) is 13.5. The van der Waals surface area contributed by atoms with Gasteiger partial charge in [0.25, 0.3) is 0 Å². The molecule has 49 heavy (non-hydrogen) atoms. The quantitative estimate of drug-likeness (QED) is 0.186. The van der Waals surface area contributed by atoms with Crippen molar-refractivity contribution in [2.75, 3.05) is 0 Å². The van der Waals surface area contributed by atoms with E-state index in [0.717, 1.165) is 17.1 Å². The highest BCUT2D eigenvalue weighted by Crippen LogP contribution is 2.64. The van der Waals surface area contributed by atoms with E-state index in [2.05, 4.69) is 165 Å². The van der Waals surface area contributed by atoms with Crippen molar-refractivity contribution in [2.45, 2.75) is 12.3 Å². The van der Waals surface area contributed by atoms with Gasteiger partial charge in [0.05, 0.1) is 5.41 Å². The molecule has 0 radical (unpaired) electrons. The minimum atomic E-state index is -0.354. The Morgan fingerprint density at radius 2 is 0.857 bits per heavy atom. The molecule has 11 rings (SSSR count). The average molecular weight is 623 g/mol. The van der Waals surface area contributed by atoms with Gasteiger partial charge in [0.15, 0.2) is 0 Å². The maximum Gasteiger partial charge on any atom is 0.135 e. The lowest BCUT2D eigenvalue weighted by Crippen LogP contribution is -2.25. The van der Waals surface area contributed by atoms with E-state index < -0.39 is 0 Å². The number of benzene rings is 8. The van der Waals surface area contributed by atoms with Gasteiger partial charge in [0.2, 0.25) is 0 Å². The van der Waals surface area contributed by atoms with Gasteiger partial charge >= 0.3 is 0 Å². The van der Waals surface area contributed by atoms with Gasteiger partial charge < -0.3 is 4.74 Å². The third-order valence-electron chi connectivity index (χ3n) is 11.3. The highest BCUT2D eigenvalue weighted by atomic mass is 16.5. The van der Waals surface area contributed by atoms with Crippen molar-refractivity contribution in [3.05, 3.63) is 192 Å². The summed E-state index contributed by atoms with van der Waals surface area (Å²) in [6.45, 7) is 2.29. The normalized spacial score (nSPS) is 13.7. The Morgan fingerprint density at radius 1 is 0.347 bits per heavy atom. The first kappa shape index (κ1) is 26.8. The van der Waals surface area contributed by atoms with Crippen molar-refractivity contribution in [3.8, 4) is 67.1 Å². The molecule has 0 fully saturated rings. The molecule has 1 nitrogen and oxygen atoms in total. The van der Waals surface area contributed by atoms with E-state index in [1.54, 1.807) is 0 Å². The molecule has 1 spiro atoms. The first-order chi connectivity index (χ1) is 24.2. The van der Waals surface area contributed by atoms with Crippen LogP contribution in [0, 0.1) is 6.92 Å². The van der Waals surface area contributed by atoms with E-state index >= 15 is 0 Å². The maximum absolute atomic E-state index is 6.44. The van der Waals surface area contributed by atoms with Gasteiger partial charge in [0.1, 0.15) is 11.5 Å². The second-order valence-corrected chi connectivity index (χ2v) is 13.5. The smallest absolute Gasteiger partial charge is 0.135 e. The fourth-order valence-electron chi connectivity index (χ4n) is 9.40. The summed E-state index contributed by atoms with van der Waals surface area (Å²) in [7, 11) is 0. The molecule has 0 aromatic heterocycles. The maximum atomic E-state index is 6.44. The predicted molar refractivity (Wildman–Crippen MR) is 201 cm³/mol. The molecular formula is C48H30O. The molecule has 8 aromatic carbocycles. The zero-order valence-electron chi connectivity index (χ0n) is 27.0. The lowest BCUT2D eigenvalue weighted by atomic mass is 9.70. The van der Waals surface area contributed by atoms with E-state index in [1.165, 1.54) is 88.7 Å². The summed E-state index contributed by atoms with van der Waals surface area (Å²) in [5.41, 5.74) is 19.1. The van der Waals surface area contributed by atoms with Crippen LogP contribution in [0.1, 0.15) is 27.8 Å². The predicted octanol–water partition coefficient (Wildman–Crippen LogP) is 12.6. The number of hydrogen-bond acceptors (Lipinski definition) is 1. The molecule has 228 valence electrons.